The van der Waals surface area contributed by atoms with E-state index in [0.29, 0.717) is 0 Å². The minimum atomic E-state index is 0.737. The highest BCUT2D eigenvalue weighted by atomic mass is 15.2. The van der Waals surface area contributed by atoms with Gasteiger partial charge in [0.25, 0.3) is 0 Å². The molecule has 2 heteroatoms. The lowest BCUT2D eigenvalue weighted by molar-refractivity contribution is 0.103. The van der Waals surface area contributed by atoms with Crippen LogP contribution >= 0.6 is 0 Å². The molecule has 2 nitrogen and oxygen atoms in total. The maximum Gasteiger partial charge on any atom is 0.0359 e. The van der Waals surface area contributed by atoms with Crippen molar-refractivity contribution in [2.24, 2.45) is 11.8 Å². The number of para-hydroxylation sites is 1. The Morgan fingerprint density at radius 3 is 2.55 bits per heavy atom. The van der Waals surface area contributed by atoms with Gasteiger partial charge in [0.05, 0.1) is 0 Å². The highest BCUT2D eigenvalue weighted by Crippen LogP contribution is 2.33. The number of hydrogen-bond donors (Lipinski definition) is 1. The van der Waals surface area contributed by atoms with Gasteiger partial charge in [-0.15, -0.1) is 0 Å². The molecule has 1 saturated carbocycles. The number of nitrogens with two attached hydrogens (primary N) is 1. The molecule has 1 aromatic rings. The molecule has 0 heterocycles. The molecule has 0 bridgehead atoms. The van der Waals surface area contributed by atoms with Crippen molar-refractivity contribution in [3.8, 4) is 0 Å². The number of anilines is 1. The summed E-state index contributed by atoms with van der Waals surface area (Å²) >= 11 is 0. The van der Waals surface area contributed by atoms with E-state index >= 15 is 0 Å². The van der Waals surface area contributed by atoms with E-state index in [1.807, 2.05) is 12.1 Å². The second-order valence-electron chi connectivity index (χ2n) is 6.59. The average molecular weight is 274 g/mol. The lowest BCUT2D eigenvalue weighted by Crippen LogP contribution is -2.40. The van der Waals surface area contributed by atoms with Crippen LogP contribution in [0.15, 0.2) is 24.3 Å². The van der Waals surface area contributed by atoms with Crippen molar-refractivity contribution in [3.63, 3.8) is 0 Å². The van der Waals surface area contributed by atoms with Crippen molar-refractivity contribution in [1.29, 1.82) is 0 Å². The highest BCUT2D eigenvalue weighted by molar-refractivity contribution is 5.46. The Balaban J connectivity index is 2.05. The van der Waals surface area contributed by atoms with E-state index in [1.165, 1.54) is 37.8 Å². The number of benzene rings is 1. The van der Waals surface area contributed by atoms with Crippen molar-refractivity contribution in [2.75, 3.05) is 12.3 Å². The summed E-state index contributed by atoms with van der Waals surface area (Å²) in [7, 11) is 0. The van der Waals surface area contributed by atoms with Gasteiger partial charge in [-0.1, -0.05) is 39.0 Å². The van der Waals surface area contributed by atoms with Gasteiger partial charge in [-0.2, -0.15) is 0 Å². The molecule has 2 rings (SSSR count). The first-order valence-electron chi connectivity index (χ1n) is 8.19. The third-order valence-electron chi connectivity index (χ3n) is 5.03. The fourth-order valence-corrected chi connectivity index (χ4v) is 3.43. The van der Waals surface area contributed by atoms with Crippen LogP contribution in [0.1, 0.15) is 52.0 Å². The first-order valence-corrected chi connectivity index (χ1v) is 8.19. The average Bonchev–Trinajstić information content (AvgIpc) is 2.44. The summed E-state index contributed by atoms with van der Waals surface area (Å²) in [6, 6.07) is 9.05. The Bertz CT molecular complexity index is 416. The van der Waals surface area contributed by atoms with E-state index in [9.17, 15) is 0 Å². The Kier molecular flexibility index (Phi) is 5.47. The summed E-state index contributed by atoms with van der Waals surface area (Å²) in [5, 5.41) is 0. The summed E-state index contributed by atoms with van der Waals surface area (Å²) in [5.41, 5.74) is 8.34. The van der Waals surface area contributed by atoms with E-state index in [0.717, 1.165) is 30.1 Å². The molecule has 2 N–H and O–H groups in total. The number of nitrogens with zero attached hydrogens (tertiary/aromatic N) is 1. The summed E-state index contributed by atoms with van der Waals surface area (Å²) in [5.74, 6) is 1.73. The van der Waals surface area contributed by atoms with E-state index in [-0.39, 0.29) is 0 Å². The highest BCUT2D eigenvalue weighted by Gasteiger charge is 2.28. The normalized spacial score (nSPS) is 26.9. The largest absolute Gasteiger partial charge is 0.398 e. The maximum atomic E-state index is 6.12. The molecule has 0 radical (unpaired) electrons. The molecule has 20 heavy (non-hydrogen) atoms. The monoisotopic (exact) mass is 274 g/mol. The lowest BCUT2D eigenvalue weighted by Gasteiger charge is -2.39. The molecule has 3 atom stereocenters. The molecule has 0 saturated heterocycles. The minimum Gasteiger partial charge on any atom is -0.398 e. The molecular weight excluding hydrogens is 244 g/mol. The van der Waals surface area contributed by atoms with Crippen molar-refractivity contribution < 1.29 is 0 Å². The third-order valence-corrected chi connectivity index (χ3v) is 5.03. The lowest BCUT2D eigenvalue weighted by atomic mass is 9.78. The molecule has 112 valence electrons. The van der Waals surface area contributed by atoms with Crippen molar-refractivity contribution in [3.05, 3.63) is 29.8 Å². The van der Waals surface area contributed by atoms with Crippen LogP contribution in [0.3, 0.4) is 0 Å². The number of nitrogen functional groups attached to an aromatic ring is 1. The molecule has 1 fully saturated rings. The second-order valence-corrected chi connectivity index (χ2v) is 6.59. The molecule has 0 amide bonds. The van der Waals surface area contributed by atoms with E-state index in [2.05, 4.69) is 37.8 Å². The van der Waals surface area contributed by atoms with E-state index in [1.54, 1.807) is 0 Å². The fourth-order valence-electron chi connectivity index (χ4n) is 3.43. The van der Waals surface area contributed by atoms with Crippen molar-refractivity contribution in [2.45, 2.75) is 59.0 Å². The quantitative estimate of drug-likeness (QED) is 0.811. The molecular formula is C18H30N2. The fraction of sp³-hybridized carbons (Fsp3) is 0.667. The zero-order chi connectivity index (χ0) is 14.5. The Morgan fingerprint density at radius 1 is 1.15 bits per heavy atom. The summed E-state index contributed by atoms with van der Waals surface area (Å²) in [6.45, 7) is 9.28. The Morgan fingerprint density at radius 2 is 1.90 bits per heavy atom. The van der Waals surface area contributed by atoms with Crippen LogP contribution in [-0.2, 0) is 6.54 Å². The summed E-state index contributed by atoms with van der Waals surface area (Å²) < 4.78 is 0. The third kappa shape index (κ3) is 3.76. The standard InChI is InChI=1S/C18H30N2/c1-4-11-20(13-16-7-5-6-8-18(16)19)17-10-9-14(2)15(3)12-17/h5-8,14-15,17H,4,9-13,19H2,1-3H3. The van der Waals surface area contributed by atoms with Crippen LogP contribution in [0.4, 0.5) is 5.69 Å². The molecule has 0 spiro atoms. The van der Waals surface area contributed by atoms with Gasteiger partial charge in [0, 0.05) is 18.3 Å². The SMILES string of the molecule is CCCN(Cc1ccccc1N)C1CCC(C)C(C)C1. The molecule has 1 aliphatic rings. The molecule has 3 unspecified atom stereocenters. The van der Waals surface area contributed by atoms with Crippen LogP contribution in [0.25, 0.3) is 0 Å². The van der Waals surface area contributed by atoms with Crippen LogP contribution in [0.2, 0.25) is 0 Å². The smallest absolute Gasteiger partial charge is 0.0359 e. The molecule has 0 aliphatic heterocycles. The number of hydrogen-bond acceptors (Lipinski definition) is 2. The topological polar surface area (TPSA) is 29.3 Å². The van der Waals surface area contributed by atoms with Gasteiger partial charge in [0.2, 0.25) is 0 Å². The molecule has 1 aromatic carbocycles. The summed E-state index contributed by atoms with van der Waals surface area (Å²) in [4.78, 5) is 2.66. The van der Waals surface area contributed by atoms with E-state index < -0.39 is 0 Å². The van der Waals surface area contributed by atoms with Gasteiger partial charge in [0.15, 0.2) is 0 Å². The summed E-state index contributed by atoms with van der Waals surface area (Å²) in [6.07, 6.45) is 5.27. The molecule has 0 aromatic heterocycles. The van der Waals surface area contributed by atoms with Gasteiger partial charge in [-0.3, -0.25) is 4.90 Å². The van der Waals surface area contributed by atoms with Gasteiger partial charge in [-0.25, -0.2) is 0 Å². The first-order chi connectivity index (χ1) is 9.61. The van der Waals surface area contributed by atoms with Crippen molar-refractivity contribution >= 4 is 5.69 Å². The zero-order valence-electron chi connectivity index (χ0n) is 13.3. The predicted octanol–water partition coefficient (Wildman–Crippen LogP) is 4.31. The van der Waals surface area contributed by atoms with Gasteiger partial charge in [-0.05, 0) is 55.7 Å². The van der Waals surface area contributed by atoms with E-state index in [4.69, 9.17) is 5.73 Å². The maximum absolute atomic E-state index is 6.12. The predicted molar refractivity (Wildman–Crippen MR) is 87.5 cm³/mol. The first kappa shape index (κ1) is 15.4. The van der Waals surface area contributed by atoms with Gasteiger partial charge in [0.1, 0.15) is 0 Å². The van der Waals surface area contributed by atoms with Gasteiger partial charge < -0.3 is 5.73 Å². The Hall–Kier alpha value is -1.02. The zero-order valence-corrected chi connectivity index (χ0v) is 13.3. The minimum absolute atomic E-state index is 0.737. The Labute approximate surface area is 124 Å². The van der Waals surface area contributed by atoms with Crippen LogP contribution in [0, 0.1) is 11.8 Å². The van der Waals surface area contributed by atoms with Crippen LogP contribution in [0.5, 0.6) is 0 Å². The van der Waals surface area contributed by atoms with Crippen LogP contribution < -0.4 is 5.73 Å². The molecule has 1 aliphatic carbocycles. The van der Waals surface area contributed by atoms with Crippen molar-refractivity contribution in [1.82, 2.24) is 4.90 Å². The second kappa shape index (κ2) is 7.12. The van der Waals surface area contributed by atoms with Gasteiger partial charge >= 0.3 is 0 Å². The van der Waals surface area contributed by atoms with Crippen LogP contribution in [-0.4, -0.2) is 17.5 Å². The number of rotatable bonds is 5.